The van der Waals surface area contributed by atoms with Gasteiger partial charge in [-0.05, 0) is 18.2 Å². The van der Waals surface area contributed by atoms with Crippen LogP contribution in [-0.2, 0) is 0 Å². The molecule has 0 amide bonds. The van der Waals surface area contributed by atoms with Gasteiger partial charge in [-0.1, -0.05) is 54.1 Å². The number of hydrogen-bond acceptors (Lipinski definition) is 1. The summed E-state index contributed by atoms with van der Waals surface area (Å²) in [7, 11) is 0. The second-order valence-corrected chi connectivity index (χ2v) is 4.28. The summed E-state index contributed by atoms with van der Waals surface area (Å²) in [6, 6.07) is 19.9. The molecule has 0 bridgehead atoms. The van der Waals surface area contributed by atoms with E-state index in [2.05, 4.69) is 17.1 Å². The van der Waals surface area contributed by atoms with E-state index in [1.54, 1.807) is 0 Å². The van der Waals surface area contributed by atoms with E-state index in [-0.39, 0.29) is 12.4 Å². The van der Waals surface area contributed by atoms with Gasteiger partial charge in [0, 0.05) is 16.0 Å². The summed E-state index contributed by atoms with van der Waals surface area (Å²) in [4.78, 5) is 4.62. The third-order valence-electron chi connectivity index (χ3n) is 2.75. The molecular formula is C15H11Cl2N. The van der Waals surface area contributed by atoms with Gasteiger partial charge in [0.05, 0.1) is 11.2 Å². The van der Waals surface area contributed by atoms with Crippen molar-refractivity contribution < 1.29 is 0 Å². The summed E-state index contributed by atoms with van der Waals surface area (Å²) in [5.74, 6) is 0. The molecule has 1 aromatic heterocycles. The summed E-state index contributed by atoms with van der Waals surface area (Å²) < 4.78 is 0. The molecule has 3 rings (SSSR count). The molecule has 0 N–H and O–H groups in total. The highest BCUT2D eigenvalue weighted by atomic mass is 35.5. The van der Waals surface area contributed by atoms with E-state index in [4.69, 9.17) is 11.6 Å². The molecule has 0 fully saturated rings. The van der Waals surface area contributed by atoms with E-state index in [1.807, 2.05) is 48.5 Å². The lowest BCUT2D eigenvalue weighted by atomic mass is 10.1. The molecule has 0 saturated heterocycles. The lowest BCUT2D eigenvalue weighted by Crippen LogP contribution is -1.85. The molecule has 0 atom stereocenters. The molecule has 0 aliphatic heterocycles. The first-order valence-electron chi connectivity index (χ1n) is 5.45. The Hall–Kier alpha value is -1.57. The van der Waals surface area contributed by atoms with Gasteiger partial charge in [0.2, 0.25) is 0 Å². The molecular weight excluding hydrogens is 265 g/mol. The highest BCUT2D eigenvalue weighted by molar-refractivity contribution is 6.33. The fraction of sp³-hybridized carbons (Fsp3) is 0. The quantitative estimate of drug-likeness (QED) is 0.611. The summed E-state index contributed by atoms with van der Waals surface area (Å²) in [5.41, 5.74) is 2.87. The SMILES string of the molecule is Cl.Clc1ccccc1-c1ccc2ccccc2n1. The molecule has 0 spiro atoms. The number of rotatable bonds is 1. The monoisotopic (exact) mass is 275 g/mol. The van der Waals surface area contributed by atoms with Gasteiger partial charge < -0.3 is 0 Å². The molecule has 3 heteroatoms. The lowest BCUT2D eigenvalue weighted by Gasteiger charge is -2.04. The molecule has 18 heavy (non-hydrogen) atoms. The first kappa shape index (κ1) is 12.9. The third-order valence-corrected chi connectivity index (χ3v) is 3.08. The van der Waals surface area contributed by atoms with Crippen molar-refractivity contribution in [2.24, 2.45) is 0 Å². The Morgan fingerprint density at radius 1 is 0.778 bits per heavy atom. The Kier molecular flexibility index (Phi) is 3.85. The first-order valence-corrected chi connectivity index (χ1v) is 5.83. The molecule has 2 aromatic carbocycles. The molecule has 0 radical (unpaired) electrons. The Morgan fingerprint density at radius 3 is 2.33 bits per heavy atom. The highest BCUT2D eigenvalue weighted by Gasteiger charge is 2.04. The predicted molar refractivity (Wildman–Crippen MR) is 79.4 cm³/mol. The van der Waals surface area contributed by atoms with Crippen LogP contribution in [0.5, 0.6) is 0 Å². The van der Waals surface area contributed by atoms with Crippen LogP contribution in [0.15, 0.2) is 60.7 Å². The maximum absolute atomic E-state index is 6.17. The molecule has 1 nitrogen and oxygen atoms in total. The molecule has 0 aliphatic rings. The Labute approximate surface area is 117 Å². The van der Waals surface area contributed by atoms with Crippen LogP contribution in [0.3, 0.4) is 0 Å². The van der Waals surface area contributed by atoms with Gasteiger partial charge in [-0.25, -0.2) is 4.98 Å². The van der Waals surface area contributed by atoms with Crippen LogP contribution in [0.1, 0.15) is 0 Å². The Balaban J connectivity index is 0.00000120. The number of benzene rings is 2. The minimum Gasteiger partial charge on any atom is -0.248 e. The van der Waals surface area contributed by atoms with Gasteiger partial charge in [0.1, 0.15) is 0 Å². The maximum atomic E-state index is 6.17. The van der Waals surface area contributed by atoms with Crippen LogP contribution in [0.2, 0.25) is 5.02 Å². The van der Waals surface area contributed by atoms with Crippen LogP contribution < -0.4 is 0 Å². The van der Waals surface area contributed by atoms with Gasteiger partial charge in [-0.3, -0.25) is 0 Å². The van der Waals surface area contributed by atoms with Crippen LogP contribution in [0.25, 0.3) is 22.2 Å². The minimum absolute atomic E-state index is 0. The van der Waals surface area contributed by atoms with E-state index >= 15 is 0 Å². The van der Waals surface area contributed by atoms with E-state index in [9.17, 15) is 0 Å². The van der Waals surface area contributed by atoms with Crippen molar-refractivity contribution in [2.75, 3.05) is 0 Å². The van der Waals surface area contributed by atoms with Gasteiger partial charge >= 0.3 is 0 Å². The van der Waals surface area contributed by atoms with Crippen molar-refractivity contribution in [1.82, 2.24) is 4.98 Å². The number of halogens is 2. The zero-order valence-electron chi connectivity index (χ0n) is 9.51. The minimum atomic E-state index is 0. The lowest BCUT2D eigenvalue weighted by molar-refractivity contribution is 1.40. The van der Waals surface area contributed by atoms with Crippen molar-refractivity contribution in [1.29, 1.82) is 0 Å². The number of fused-ring (bicyclic) bond motifs is 1. The summed E-state index contributed by atoms with van der Waals surface area (Å²) >= 11 is 6.17. The van der Waals surface area contributed by atoms with Crippen molar-refractivity contribution >= 4 is 34.9 Å². The highest BCUT2D eigenvalue weighted by Crippen LogP contribution is 2.27. The summed E-state index contributed by atoms with van der Waals surface area (Å²) in [5, 5.41) is 1.87. The van der Waals surface area contributed by atoms with E-state index in [0.717, 1.165) is 27.2 Å². The molecule has 0 saturated carbocycles. The summed E-state index contributed by atoms with van der Waals surface area (Å²) in [6.07, 6.45) is 0. The van der Waals surface area contributed by atoms with Gasteiger partial charge in [-0.2, -0.15) is 0 Å². The van der Waals surface area contributed by atoms with Crippen LogP contribution >= 0.6 is 24.0 Å². The number of para-hydroxylation sites is 1. The molecule has 0 unspecified atom stereocenters. The Bertz CT molecular complexity index is 680. The van der Waals surface area contributed by atoms with Crippen molar-refractivity contribution in [3.63, 3.8) is 0 Å². The third kappa shape index (κ3) is 2.33. The fourth-order valence-corrected chi connectivity index (χ4v) is 2.12. The number of pyridine rings is 1. The van der Waals surface area contributed by atoms with Gasteiger partial charge in [0.15, 0.2) is 0 Å². The van der Waals surface area contributed by atoms with E-state index in [1.165, 1.54) is 0 Å². The van der Waals surface area contributed by atoms with E-state index < -0.39 is 0 Å². The van der Waals surface area contributed by atoms with Crippen molar-refractivity contribution in [2.45, 2.75) is 0 Å². The normalized spacial score (nSPS) is 10.1. The molecule has 90 valence electrons. The van der Waals surface area contributed by atoms with Crippen LogP contribution in [-0.4, -0.2) is 4.98 Å². The molecule has 0 aliphatic carbocycles. The Morgan fingerprint density at radius 2 is 1.50 bits per heavy atom. The number of nitrogens with zero attached hydrogens (tertiary/aromatic N) is 1. The largest absolute Gasteiger partial charge is 0.248 e. The van der Waals surface area contributed by atoms with Crippen molar-refractivity contribution in [3.8, 4) is 11.3 Å². The van der Waals surface area contributed by atoms with Gasteiger partial charge in [-0.15, -0.1) is 12.4 Å². The molecule has 3 aromatic rings. The standard InChI is InChI=1S/C15H10ClN.ClH/c16-13-7-3-2-6-12(13)15-10-9-11-5-1-4-8-14(11)17-15;/h1-10H;1H. The average molecular weight is 276 g/mol. The van der Waals surface area contributed by atoms with Crippen molar-refractivity contribution in [3.05, 3.63) is 65.7 Å². The number of aromatic nitrogens is 1. The van der Waals surface area contributed by atoms with Gasteiger partial charge in [0.25, 0.3) is 0 Å². The topological polar surface area (TPSA) is 12.9 Å². The second-order valence-electron chi connectivity index (χ2n) is 3.87. The zero-order chi connectivity index (χ0) is 11.7. The zero-order valence-corrected chi connectivity index (χ0v) is 11.1. The predicted octanol–water partition coefficient (Wildman–Crippen LogP) is 4.98. The average Bonchev–Trinajstić information content (AvgIpc) is 2.39. The first-order chi connectivity index (χ1) is 8.34. The second kappa shape index (κ2) is 5.38. The smallest absolute Gasteiger partial charge is 0.0724 e. The number of hydrogen-bond donors (Lipinski definition) is 0. The maximum Gasteiger partial charge on any atom is 0.0724 e. The van der Waals surface area contributed by atoms with Crippen LogP contribution in [0.4, 0.5) is 0 Å². The summed E-state index contributed by atoms with van der Waals surface area (Å²) in [6.45, 7) is 0. The molecule has 1 heterocycles. The fourth-order valence-electron chi connectivity index (χ4n) is 1.88. The van der Waals surface area contributed by atoms with Crippen LogP contribution in [0, 0.1) is 0 Å². The van der Waals surface area contributed by atoms with E-state index in [0.29, 0.717) is 0 Å².